The number of fused-ring (bicyclic) bond motifs is 4. The Morgan fingerprint density at radius 3 is 1.66 bits per heavy atom. The van der Waals surface area contributed by atoms with Crippen LogP contribution in [0, 0.1) is 0 Å². The molecule has 0 saturated carbocycles. The summed E-state index contributed by atoms with van der Waals surface area (Å²) in [7, 11) is 0. The normalized spacial score (nSPS) is 14.6. The van der Waals surface area contributed by atoms with Gasteiger partial charge < -0.3 is 30.4 Å². The predicted octanol–water partition coefficient (Wildman–Crippen LogP) is 12.5. The molecule has 282 valence electrons. The number of phenolic OH excluding ortho intramolecular Hbond substituents is 5. The molecule has 0 fully saturated rings. The van der Waals surface area contributed by atoms with Crippen molar-refractivity contribution in [1.29, 1.82) is 0 Å². The fourth-order valence-corrected chi connectivity index (χ4v) is 8.89. The minimum absolute atomic E-state index is 0.312. The van der Waals surface area contributed by atoms with E-state index >= 15 is 0 Å². The summed E-state index contributed by atoms with van der Waals surface area (Å²) in [6.07, 6.45) is 5.95. The van der Waals surface area contributed by atoms with Crippen molar-refractivity contribution in [3.05, 3.63) is 210 Å². The molecule has 0 radical (unpaired) electrons. The molecular weight excluding hydrogens is 719 g/mol. The lowest BCUT2D eigenvalue weighted by atomic mass is 9.67. The van der Waals surface area contributed by atoms with Gasteiger partial charge in [0, 0.05) is 11.4 Å². The molecule has 0 bridgehead atoms. The molecular formula is C52H39NO5. The lowest BCUT2D eigenvalue weighted by Gasteiger charge is -2.35. The maximum atomic E-state index is 11.5. The van der Waals surface area contributed by atoms with E-state index in [-0.39, 0.29) is 5.69 Å². The number of hydrogen-bond donors (Lipinski definition) is 5. The fourth-order valence-electron chi connectivity index (χ4n) is 8.89. The maximum absolute atomic E-state index is 11.5. The van der Waals surface area contributed by atoms with Gasteiger partial charge in [-0.1, -0.05) is 152 Å². The van der Waals surface area contributed by atoms with Gasteiger partial charge in [-0.05, 0) is 103 Å². The monoisotopic (exact) mass is 757 g/mol. The Bertz CT molecular complexity index is 2900. The molecule has 0 spiro atoms. The number of benzene rings is 8. The number of anilines is 3. The summed E-state index contributed by atoms with van der Waals surface area (Å²) in [4.78, 5) is 1.58. The summed E-state index contributed by atoms with van der Waals surface area (Å²) in [5, 5.41) is 59.8. The Balaban J connectivity index is 1.31. The molecule has 0 heterocycles. The van der Waals surface area contributed by atoms with Crippen LogP contribution in [0.4, 0.5) is 17.1 Å². The van der Waals surface area contributed by atoms with Crippen LogP contribution < -0.4 is 4.90 Å². The van der Waals surface area contributed by atoms with E-state index in [1.807, 2.05) is 110 Å². The van der Waals surface area contributed by atoms with E-state index in [4.69, 9.17) is 0 Å². The molecule has 6 heteroatoms. The van der Waals surface area contributed by atoms with Crippen LogP contribution in [0.5, 0.6) is 28.7 Å². The maximum Gasteiger partial charge on any atom is 0.208 e. The minimum atomic E-state index is -1.03. The van der Waals surface area contributed by atoms with Crippen molar-refractivity contribution in [2.24, 2.45) is 0 Å². The van der Waals surface area contributed by atoms with Gasteiger partial charge in [0.1, 0.15) is 5.69 Å². The van der Waals surface area contributed by atoms with Crippen LogP contribution in [-0.2, 0) is 5.41 Å². The first-order valence-corrected chi connectivity index (χ1v) is 19.0. The van der Waals surface area contributed by atoms with Crippen molar-refractivity contribution < 1.29 is 25.5 Å². The summed E-state index contributed by atoms with van der Waals surface area (Å²) in [6, 6.07) is 52.9. The van der Waals surface area contributed by atoms with E-state index in [2.05, 4.69) is 73.3 Å². The summed E-state index contributed by atoms with van der Waals surface area (Å²) in [6.45, 7) is 6.12. The summed E-state index contributed by atoms with van der Waals surface area (Å²) in [5.41, 5.74) is 7.85. The second-order valence-electron chi connectivity index (χ2n) is 14.4. The molecule has 1 aliphatic rings. The number of allylic oxidation sites excluding steroid dienone is 5. The smallest absolute Gasteiger partial charge is 0.208 e. The summed E-state index contributed by atoms with van der Waals surface area (Å²) < 4.78 is 0. The number of aromatic hydroxyl groups is 5. The lowest BCUT2D eigenvalue weighted by Crippen LogP contribution is -2.29. The van der Waals surface area contributed by atoms with Gasteiger partial charge in [0.2, 0.25) is 17.2 Å². The number of phenols is 5. The van der Waals surface area contributed by atoms with Gasteiger partial charge in [-0.15, -0.1) is 0 Å². The van der Waals surface area contributed by atoms with E-state index in [0.29, 0.717) is 11.4 Å². The van der Waals surface area contributed by atoms with Gasteiger partial charge in [0.25, 0.3) is 0 Å². The van der Waals surface area contributed by atoms with Crippen LogP contribution in [0.1, 0.15) is 29.2 Å². The lowest BCUT2D eigenvalue weighted by molar-refractivity contribution is 0.329. The Morgan fingerprint density at radius 1 is 0.517 bits per heavy atom. The molecule has 0 aliphatic heterocycles. The molecule has 0 unspecified atom stereocenters. The van der Waals surface area contributed by atoms with E-state index in [9.17, 15) is 25.5 Å². The highest BCUT2D eigenvalue weighted by molar-refractivity contribution is 6.13. The first-order valence-electron chi connectivity index (χ1n) is 19.0. The SMILES string of the molecule is C=C/C=C1\C(=C/C)c2ccc(N(c3ccc(-c4cc5ccccc5c5ccccc45)cc3)c3c(O)c(O)c(O)c(O)c3O)cc2C1(c1ccccc1)c1ccccc1. The topological polar surface area (TPSA) is 104 Å². The van der Waals surface area contributed by atoms with Gasteiger partial charge in [0.15, 0.2) is 11.5 Å². The first-order chi connectivity index (χ1) is 28.3. The third kappa shape index (κ3) is 5.34. The summed E-state index contributed by atoms with van der Waals surface area (Å²) >= 11 is 0. The van der Waals surface area contributed by atoms with Gasteiger partial charge >= 0.3 is 0 Å². The van der Waals surface area contributed by atoms with Crippen LogP contribution in [0.25, 0.3) is 38.2 Å². The van der Waals surface area contributed by atoms with E-state index < -0.39 is 34.2 Å². The number of hydrogen-bond acceptors (Lipinski definition) is 6. The molecule has 58 heavy (non-hydrogen) atoms. The zero-order chi connectivity index (χ0) is 40.1. The standard InChI is InChI=1S/C52H39NO5/c1-3-15-44-38(4-2)42-29-28-37(31-45(42)52(44,34-17-7-5-8-18-34)35-19-9-6-10-20-35)53(46-47(54)49(56)51(58)50(57)48(46)55)36-26-24-32(25-27-36)43-30-33-16-11-12-21-39(33)40-22-13-14-23-41(40)43/h3-31,54-58H,1H2,2H3/b38-4-,44-15+. The van der Waals surface area contributed by atoms with Crippen molar-refractivity contribution in [1.82, 2.24) is 0 Å². The van der Waals surface area contributed by atoms with Crippen LogP contribution in [0.15, 0.2) is 188 Å². The highest BCUT2D eigenvalue weighted by atomic mass is 16.4. The van der Waals surface area contributed by atoms with Crippen molar-refractivity contribution >= 4 is 44.2 Å². The molecule has 9 rings (SSSR count). The van der Waals surface area contributed by atoms with E-state index in [1.165, 1.54) is 0 Å². The second-order valence-corrected chi connectivity index (χ2v) is 14.4. The second kappa shape index (κ2) is 14.1. The third-order valence-corrected chi connectivity index (χ3v) is 11.4. The molecule has 8 aromatic rings. The fraction of sp³-hybridized carbons (Fsp3) is 0.0385. The molecule has 6 nitrogen and oxygen atoms in total. The molecule has 5 N–H and O–H groups in total. The molecule has 0 amide bonds. The summed E-state index contributed by atoms with van der Waals surface area (Å²) in [5.74, 6) is -4.58. The van der Waals surface area contributed by atoms with E-state index in [1.54, 1.807) is 11.0 Å². The molecule has 8 aromatic carbocycles. The van der Waals surface area contributed by atoms with Gasteiger partial charge in [-0.2, -0.15) is 0 Å². The molecule has 0 aromatic heterocycles. The minimum Gasteiger partial charge on any atom is -0.503 e. The van der Waals surface area contributed by atoms with Crippen molar-refractivity contribution in [2.75, 3.05) is 4.90 Å². The van der Waals surface area contributed by atoms with Crippen LogP contribution >= 0.6 is 0 Å². The zero-order valence-electron chi connectivity index (χ0n) is 31.6. The quantitative estimate of drug-likeness (QED) is 0.0630. The van der Waals surface area contributed by atoms with Crippen molar-refractivity contribution in [2.45, 2.75) is 12.3 Å². The number of nitrogens with zero attached hydrogens (tertiary/aromatic N) is 1. The average Bonchev–Trinajstić information content (AvgIpc) is 3.56. The van der Waals surface area contributed by atoms with Crippen LogP contribution in [0.2, 0.25) is 0 Å². The molecule has 0 atom stereocenters. The van der Waals surface area contributed by atoms with Crippen LogP contribution in [0.3, 0.4) is 0 Å². The highest BCUT2D eigenvalue weighted by Crippen LogP contribution is 2.61. The first kappa shape index (κ1) is 36.0. The van der Waals surface area contributed by atoms with Crippen LogP contribution in [-0.4, -0.2) is 25.5 Å². The van der Waals surface area contributed by atoms with Crippen molar-refractivity contribution in [3.8, 4) is 39.9 Å². The van der Waals surface area contributed by atoms with E-state index in [0.717, 1.165) is 66.1 Å². The van der Waals surface area contributed by atoms with Gasteiger partial charge in [-0.3, -0.25) is 0 Å². The Kier molecular flexibility index (Phi) is 8.75. The highest BCUT2D eigenvalue weighted by Gasteiger charge is 2.48. The average molecular weight is 758 g/mol. The number of rotatable bonds is 7. The zero-order valence-corrected chi connectivity index (χ0v) is 31.6. The Hall–Kier alpha value is -7.70. The van der Waals surface area contributed by atoms with Gasteiger partial charge in [0.05, 0.1) is 5.41 Å². The predicted molar refractivity (Wildman–Crippen MR) is 235 cm³/mol. The Morgan fingerprint density at radius 2 is 1.05 bits per heavy atom. The molecule has 1 aliphatic carbocycles. The Labute approximate surface area is 336 Å². The van der Waals surface area contributed by atoms with Crippen molar-refractivity contribution in [3.63, 3.8) is 0 Å². The third-order valence-electron chi connectivity index (χ3n) is 11.4. The van der Waals surface area contributed by atoms with Gasteiger partial charge in [-0.25, -0.2) is 0 Å². The largest absolute Gasteiger partial charge is 0.503 e. The molecule has 0 saturated heterocycles.